The lowest BCUT2D eigenvalue weighted by molar-refractivity contribution is 1.09. The van der Waals surface area contributed by atoms with Gasteiger partial charge in [0.2, 0.25) is 0 Å². The van der Waals surface area contributed by atoms with Gasteiger partial charge in [-0.1, -0.05) is 20.3 Å². The van der Waals surface area contributed by atoms with Crippen LogP contribution in [0.4, 0.5) is 0 Å². The lowest BCUT2D eigenvalue weighted by Gasteiger charge is -1.90. The van der Waals surface area contributed by atoms with Gasteiger partial charge in [-0.25, -0.2) is 0 Å². The summed E-state index contributed by atoms with van der Waals surface area (Å²) >= 11 is 1.48. The number of fused-ring (bicyclic) bond motifs is 1. The maximum atomic E-state index is 11.2. The van der Waals surface area contributed by atoms with Crippen molar-refractivity contribution in [1.82, 2.24) is 4.98 Å². The highest BCUT2D eigenvalue weighted by Gasteiger charge is 1.98. The van der Waals surface area contributed by atoms with Gasteiger partial charge in [0, 0.05) is 5.69 Å². The van der Waals surface area contributed by atoms with Crippen LogP contribution in [-0.4, -0.2) is 4.98 Å². The number of rotatable bonds is 0. The monoisotopic (exact) mass is 209 g/mol. The van der Waals surface area contributed by atoms with Gasteiger partial charge in [-0.3, -0.25) is 4.79 Å². The zero-order chi connectivity index (χ0) is 10.6. The van der Waals surface area contributed by atoms with Crippen molar-refractivity contribution in [2.75, 3.05) is 0 Å². The Morgan fingerprint density at radius 2 is 2.07 bits per heavy atom. The molecule has 2 nitrogen and oxygen atoms in total. The van der Waals surface area contributed by atoms with Crippen molar-refractivity contribution in [3.05, 3.63) is 33.6 Å². The minimum atomic E-state index is 0.0231. The lowest BCUT2D eigenvalue weighted by Crippen LogP contribution is -2.04. The Balaban J connectivity index is 0.000000293. The first-order chi connectivity index (χ1) is 6.69. The summed E-state index contributed by atoms with van der Waals surface area (Å²) in [5.41, 5.74) is 0.941. The average Bonchev–Trinajstić information content (AvgIpc) is 2.53. The van der Waals surface area contributed by atoms with Crippen molar-refractivity contribution >= 4 is 21.4 Å². The fourth-order valence-corrected chi connectivity index (χ4v) is 1.89. The average molecular weight is 209 g/mol. The second-order valence-electron chi connectivity index (χ2n) is 3.19. The van der Waals surface area contributed by atoms with E-state index in [1.807, 2.05) is 24.4 Å². The molecule has 0 aliphatic heterocycles. The second kappa shape index (κ2) is 4.96. The molecule has 1 N–H and O–H groups in total. The third-order valence-electron chi connectivity index (χ3n) is 1.58. The third-order valence-corrected chi connectivity index (χ3v) is 2.51. The molecule has 0 bridgehead atoms. The molecular formula is C11H15NOS. The van der Waals surface area contributed by atoms with Crippen molar-refractivity contribution in [2.24, 2.45) is 0 Å². The van der Waals surface area contributed by atoms with E-state index in [1.165, 1.54) is 17.8 Å². The molecule has 14 heavy (non-hydrogen) atoms. The van der Waals surface area contributed by atoms with E-state index >= 15 is 0 Å². The molecule has 0 saturated carbocycles. The molecule has 2 aromatic heterocycles. The molecule has 0 saturated heterocycles. The van der Waals surface area contributed by atoms with Gasteiger partial charge in [0.25, 0.3) is 5.56 Å². The third kappa shape index (κ3) is 2.45. The highest BCUT2D eigenvalue weighted by molar-refractivity contribution is 7.17. The number of aryl methyl sites for hydroxylation is 1. The van der Waals surface area contributed by atoms with Crippen LogP contribution in [0.5, 0.6) is 0 Å². The van der Waals surface area contributed by atoms with Crippen molar-refractivity contribution in [3.63, 3.8) is 0 Å². The molecule has 2 rings (SSSR count). The fraction of sp³-hybridized carbons (Fsp3) is 0.364. The largest absolute Gasteiger partial charge is 0.325 e. The Labute approximate surface area is 87.6 Å². The Bertz CT molecular complexity index is 456. The summed E-state index contributed by atoms with van der Waals surface area (Å²) in [6.07, 6.45) is 1.25. The van der Waals surface area contributed by atoms with E-state index in [1.54, 1.807) is 0 Å². The van der Waals surface area contributed by atoms with Crippen LogP contribution in [0.3, 0.4) is 0 Å². The van der Waals surface area contributed by atoms with E-state index in [9.17, 15) is 4.79 Å². The van der Waals surface area contributed by atoms with E-state index in [4.69, 9.17) is 0 Å². The van der Waals surface area contributed by atoms with Crippen molar-refractivity contribution in [3.8, 4) is 0 Å². The molecule has 2 aromatic rings. The van der Waals surface area contributed by atoms with E-state index in [0.29, 0.717) is 0 Å². The molecule has 0 aliphatic rings. The summed E-state index contributed by atoms with van der Waals surface area (Å²) in [5, 5.41) is 2.97. The molecule has 2 heterocycles. The Kier molecular flexibility index (Phi) is 3.89. The van der Waals surface area contributed by atoms with Gasteiger partial charge in [0.1, 0.15) is 0 Å². The van der Waals surface area contributed by atoms with Gasteiger partial charge in [-0.05, 0) is 29.8 Å². The van der Waals surface area contributed by atoms with Gasteiger partial charge in [0.15, 0.2) is 0 Å². The van der Waals surface area contributed by atoms with E-state index < -0.39 is 0 Å². The standard InChI is InChI=1S/C8H7NOS.C3H8/c1-5-4-6-2-3-11-7(6)8(10)9-5;1-3-2/h2-4H,1H3,(H,9,10);3H2,1-2H3. The van der Waals surface area contributed by atoms with Crippen LogP contribution in [0.1, 0.15) is 26.0 Å². The smallest absolute Gasteiger partial charge is 0.266 e. The lowest BCUT2D eigenvalue weighted by atomic mass is 10.3. The first-order valence-corrected chi connectivity index (χ1v) is 5.64. The van der Waals surface area contributed by atoms with Crippen LogP contribution in [0.2, 0.25) is 0 Å². The van der Waals surface area contributed by atoms with Crippen LogP contribution in [0.15, 0.2) is 22.3 Å². The van der Waals surface area contributed by atoms with Crippen molar-refractivity contribution in [1.29, 1.82) is 0 Å². The number of nitrogens with one attached hydrogen (secondary N) is 1. The number of thiophene rings is 1. The molecule has 76 valence electrons. The Hall–Kier alpha value is -1.09. The van der Waals surface area contributed by atoms with E-state index in [-0.39, 0.29) is 5.56 Å². The van der Waals surface area contributed by atoms with Gasteiger partial charge in [-0.2, -0.15) is 0 Å². The number of pyridine rings is 1. The molecular weight excluding hydrogens is 194 g/mol. The topological polar surface area (TPSA) is 32.9 Å². The zero-order valence-electron chi connectivity index (χ0n) is 8.76. The van der Waals surface area contributed by atoms with Crippen LogP contribution >= 0.6 is 11.3 Å². The minimum absolute atomic E-state index is 0.0231. The highest BCUT2D eigenvalue weighted by atomic mass is 32.1. The second-order valence-corrected chi connectivity index (χ2v) is 4.11. The molecule has 0 amide bonds. The molecule has 0 spiro atoms. The minimum Gasteiger partial charge on any atom is -0.325 e. The predicted octanol–water partition coefficient (Wildman–Crippen LogP) is 3.31. The number of hydrogen-bond donors (Lipinski definition) is 1. The predicted molar refractivity (Wildman–Crippen MR) is 63.1 cm³/mol. The Morgan fingerprint density at radius 3 is 2.71 bits per heavy atom. The van der Waals surface area contributed by atoms with Crippen LogP contribution in [-0.2, 0) is 0 Å². The molecule has 0 unspecified atom stereocenters. The maximum absolute atomic E-state index is 11.2. The summed E-state index contributed by atoms with van der Waals surface area (Å²) < 4.78 is 0.815. The van der Waals surface area contributed by atoms with Crippen molar-refractivity contribution < 1.29 is 0 Å². The van der Waals surface area contributed by atoms with Gasteiger partial charge in [0.05, 0.1) is 4.70 Å². The SMILES string of the molecule is CCC.Cc1cc2ccsc2c(=O)[nH]1. The molecule has 0 atom stereocenters. The van der Waals surface area contributed by atoms with Gasteiger partial charge >= 0.3 is 0 Å². The summed E-state index contributed by atoms with van der Waals surface area (Å²) in [4.78, 5) is 14.0. The van der Waals surface area contributed by atoms with Gasteiger partial charge < -0.3 is 4.98 Å². The van der Waals surface area contributed by atoms with Crippen LogP contribution in [0.25, 0.3) is 10.1 Å². The summed E-state index contributed by atoms with van der Waals surface area (Å²) in [5.74, 6) is 0. The summed E-state index contributed by atoms with van der Waals surface area (Å²) in [6.45, 7) is 6.14. The maximum Gasteiger partial charge on any atom is 0.266 e. The fourth-order valence-electron chi connectivity index (χ4n) is 1.12. The summed E-state index contributed by atoms with van der Waals surface area (Å²) in [6, 6.07) is 3.94. The molecule has 0 radical (unpaired) electrons. The first-order valence-electron chi connectivity index (χ1n) is 4.76. The molecule has 0 fully saturated rings. The molecule has 3 heteroatoms. The van der Waals surface area contributed by atoms with Crippen LogP contribution < -0.4 is 5.56 Å². The summed E-state index contributed by atoms with van der Waals surface area (Å²) in [7, 11) is 0. The van der Waals surface area contributed by atoms with E-state index in [0.717, 1.165) is 15.8 Å². The quantitative estimate of drug-likeness (QED) is 0.709. The van der Waals surface area contributed by atoms with Gasteiger partial charge in [-0.15, -0.1) is 11.3 Å². The number of hydrogen-bond acceptors (Lipinski definition) is 2. The van der Waals surface area contributed by atoms with Crippen LogP contribution in [0, 0.1) is 6.92 Å². The Morgan fingerprint density at radius 1 is 1.43 bits per heavy atom. The zero-order valence-corrected chi connectivity index (χ0v) is 9.57. The molecule has 0 aliphatic carbocycles. The van der Waals surface area contributed by atoms with Crippen molar-refractivity contribution in [2.45, 2.75) is 27.2 Å². The number of aromatic amines is 1. The van der Waals surface area contributed by atoms with E-state index in [2.05, 4.69) is 18.8 Å². The highest BCUT2D eigenvalue weighted by Crippen LogP contribution is 2.15. The normalized spacial score (nSPS) is 9.64. The number of H-pyrrole nitrogens is 1. The first kappa shape index (κ1) is 11.0. The molecule has 0 aromatic carbocycles. The number of aromatic nitrogens is 1.